The lowest BCUT2D eigenvalue weighted by atomic mass is 9.94. The molecule has 2 aromatic carbocycles. The minimum atomic E-state index is -3.64. The summed E-state index contributed by atoms with van der Waals surface area (Å²) < 4.78 is 42.3. The minimum absolute atomic E-state index is 0.119. The summed E-state index contributed by atoms with van der Waals surface area (Å²) in [6.45, 7) is 6.26. The van der Waals surface area contributed by atoms with Crippen molar-refractivity contribution in [2.45, 2.75) is 49.8 Å². The zero-order valence-electron chi connectivity index (χ0n) is 21.8. The van der Waals surface area contributed by atoms with E-state index in [0.717, 1.165) is 34.1 Å². The van der Waals surface area contributed by atoms with Crippen LogP contribution in [0.15, 0.2) is 46.8 Å². The van der Waals surface area contributed by atoms with Gasteiger partial charge in [-0.15, -0.1) is 11.3 Å². The lowest BCUT2D eigenvalue weighted by molar-refractivity contribution is 0.1000. The number of piperazine rings is 1. The van der Waals surface area contributed by atoms with Gasteiger partial charge in [-0.05, 0) is 80.1 Å². The Bertz CT molecular complexity index is 1400. The number of benzene rings is 2. The number of hydrogen-bond donors (Lipinski definition) is 2. The van der Waals surface area contributed by atoms with Gasteiger partial charge >= 0.3 is 0 Å². The summed E-state index contributed by atoms with van der Waals surface area (Å²) >= 11 is 1.21. The van der Waals surface area contributed by atoms with Crippen LogP contribution in [-0.2, 0) is 10.0 Å². The number of rotatable bonds is 8. The largest absolute Gasteiger partial charge is 0.355 e. The van der Waals surface area contributed by atoms with Gasteiger partial charge in [0.25, 0.3) is 10.0 Å². The van der Waals surface area contributed by atoms with Crippen LogP contribution in [0, 0.1) is 31.0 Å². The molecule has 0 amide bonds. The van der Waals surface area contributed by atoms with Gasteiger partial charge in [-0.25, -0.2) is 17.8 Å². The molecule has 1 aromatic heterocycles. The third-order valence-corrected chi connectivity index (χ3v) is 10.9. The Balaban J connectivity index is 1.48. The predicted octanol–water partition coefficient (Wildman–Crippen LogP) is 5.88. The molecule has 5 rings (SSSR count). The predicted molar refractivity (Wildman–Crippen MR) is 151 cm³/mol. The molecule has 2 aliphatic rings. The van der Waals surface area contributed by atoms with E-state index in [-0.39, 0.29) is 16.1 Å². The number of nitrogens with zero attached hydrogens (tertiary/aromatic N) is 3. The maximum absolute atomic E-state index is 13.5. The highest BCUT2D eigenvalue weighted by atomic mass is 32.2. The first-order valence-electron chi connectivity index (χ1n) is 13.1. The molecule has 202 valence electrons. The van der Waals surface area contributed by atoms with Crippen LogP contribution in [0.5, 0.6) is 0 Å². The van der Waals surface area contributed by atoms with Crippen LogP contribution < -0.4 is 5.32 Å². The fourth-order valence-electron chi connectivity index (χ4n) is 5.66. The van der Waals surface area contributed by atoms with E-state index in [9.17, 15) is 12.8 Å². The van der Waals surface area contributed by atoms with Gasteiger partial charge in [0, 0.05) is 55.4 Å². The molecule has 1 saturated carbocycles. The van der Waals surface area contributed by atoms with E-state index < -0.39 is 10.0 Å². The van der Waals surface area contributed by atoms with Crippen LogP contribution in [0.25, 0.3) is 0 Å². The Morgan fingerprint density at radius 1 is 1.16 bits per heavy atom. The lowest BCUT2D eigenvalue weighted by Crippen LogP contribution is -2.51. The highest BCUT2D eigenvalue weighted by Gasteiger charge is 2.37. The van der Waals surface area contributed by atoms with Gasteiger partial charge in [0.15, 0.2) is 4.21 Å². The zero-order valence-corrected chi connectivity index (χ0v) is 23.4. The van der Waals surface area contributed by atoms with Crippen molar-refractivity contribution >= 4 is 38.9 Å². The monoisotopic (exact) mass is 555 g/mol. The maximum Gasteiger partial charge on any atom is 0.254 e. The molecule has 0 radical (unpaired) electrons. The third kappa shape index (κ3) is 5.68. The fraction of sp³-hybridized carbons (Fsp3) is 0.429. The van der Waals surface area contributed by atoms with E-state index in [1.165, 1.54) is 61.6 Å². The van der Waals surface area contributed by atoms with Gasteiger partial charge in [-0.2, -0.15) is 4.31 Å². The number of thiazole rings is 1. The quantitative estimate of drug-likeness (QED) is 0.339. The molecule has 1 atom stereocenters. The van der Waals surface area contributed by atoms with Gasteiger partial charge in [-0.3, -0.25) is 4.90 Å². The second kappa shape index (κ2) is 11.2. The number of nitrogens with one attached hydrogen (secondary N) is 2. The highest BCUT2D eigenvalue weighted by Crippen LogP contribution is 2.36. The molecule has 2 heterocycles. The van der Waals surface area contributed by atoms with Crippen molar-refractivity contribution in [3.63, 3.8) is 0 Å². The Kier molecular flexibility index (Phi) is 7.95. The number of aryl methyl sites for hydroxylation is 2. The van der Waals surface area contributed by atoms with Crippen molar-refractivity contribution in [3.8, 4) is 0 Å². The molecule has 38 heavy (non-hydrogen) atoms. The van der Waals surface area contributed by atoms with Crippen molar-refractivity contribution in [3.05, 3.63) is 70.1 Å². The van der Waals surface area contributed by atoms with Crippen molar-refractivity contribution in [1.29, 1.82) is 5.41 Å². The molecule has 1 saturated heterocycles. The van der Waals surface area contributed by atoms with Gasteiger partial charge < -0.3 is 10.7 Å². The van der Waals surface area contributed by atoms with Gasteiger partial charge in [0.1, 0.15) is 5.82 Å². The van der Waals surface area contributed by atoms with E-state index in [0.29, 0.717) is 31.1 Å². The van der Waals surface area contributed by atoms with Crippen molar-refractivity contribution < 1.29 is 12.8 Å². The van der Waals surface area contributed by atoms with Crippen LogP contribution in [-0.4, -0.2) is 55.0 Å². The minimum Gasteiger partial charge on any atom is -0.355 e. The first kappa shape index (κ1) is 26.9. The zero-order chi connectivity index (χ0) is 26.9. The molecule has 10 heteroatoms. The second-order valence-corrected chi connectivity index (χ2v) is 13.7. The number of sulfonamides is 1. The topological polar surface area (TPSA) is 89.4 Å². The van der Waals surface area contributed by atoms with Crippen LogP contribution >= 0.6 is 11.3 Å². The van der Waals surface area contributed by atoms with Crippen molar-refractivity contribution in [2.24, 2.45) is 5.92 Å². The summed E-state index contributed by atoms with van der Waals surface area (Å²) in [5.74, 6) is 0.328. The molecule has 2 N–H and O–H groups in total. The third-order valence-electron chi connectivity index (χ3n) is 7.69. The van der Waals surface area contributed by atoms with E-state index in [1.807, 2.05) is 26.0 Å². The summed E-state index contributed by atoms with van der Waals surface area (Å²) in [7, 11) is -3.64. The standard InChI is InChI=1S/C28H34FN5O2S2/c1-19-13-26(32-24-9-7-23(29)8-10-24)22(15-30)14-25(19)27-18-34(38(35,36)28-16-31-20(2)37-28)12-11-33(27)17-21-5-3-4-6-21/h7-10,13-16,21,27,30,32H,3-6,11-12,17-18H2,1-2H3/t27-/m1/s1. The van der Waals surface area contributed by atoms with Crippen LogP contribution in [0.4, 0.5) is 15.8 Å². The molecule has 2 fully saturated rings. The van der Waals surface area contributed by atoms with E-state index in [4.69, 9.17) is 5.41 Å². The van der Waals surface area contributed by atoms with Crippen LogP contribution in [0.3, 0.4) is 0 Å². The number of hydrogen-bond acceptors (Lipinski definition) is 7. The maximum atomic E-state index is 13.5. The Hall–Kier alpha value is -2.66. The number of halogens is 1. The highest BCUT2D eigenvalue weighted by molar-refractivity contribution is 7.91. The summed E-state index contributed by atoms with van der Waals surface area (Å²) in [4.78, 5) is 6.62. The second-order valence-electron chi connectivity index (χ2n) is 10.3. The fourth-order valence-corrected chi connectivity index (χ4v) is 8.36. The van der Waals surface area contributed by atoms with Crippen molar-refractivity contribution in [2.75, 3.05) is 31.5 Å². The molecule has 1 aliphatic carbocycles. The molecule has 3 aromatic rings. The Morgan fingerprint density at radius 2 is 1.89 bits per heavy atom. The van der Waals surface area contributed by atoms with Crippen LogP contribution in [0.1, 0.15) is 53.4 Å². The molecule has 7 nitrogen and oxygen atoms in total. The first-order chi connectivity index (χ1) is 18.2. The van der Waals surface area contributed by atoms with Gasteiger partial charge in [-0.1, -0.05) is 12.8 Å². The first-order valence-corrected chi connectivity index (χ1v) is 15.3. The van der Waals surface area contributed by atoms with E-state index in [2.05, 4.69) is 15.2 Å². The molecule has 0 spiro atoms. The summed E-state index contributed by atoms with van der Waals surface area (Å²) in [5, 5.41) is 12.1. The normalized spacial score (nSPS) is 19.6. The van der Waals surface area contributed by atoms with Gasteiger partial charge in [0.2, 0.25) is 0 Å². The summed E-state index contributed by atoms with van der Waals surface area (Å²) in [5.41, 5.74) is 4.25. The molecule has 0 unspecified atom stereocenters. The smallest absolute Gasteiger partial charge is 0.254 e. The average molecular weight is 556 g/mol. The lowest BCUT2D eigenvalue weighted by Gasteiger charge is -2.42. The molecular weight excluding hydrogens is 521 g/mol. The van der Waals surface area contributed by atoms with E-state index in [1.54, 1.807) is 16.4 Å². The Morgan fingerprint density at radius 3 is 2.55 bits per heavy atom. The molecule has 1 aliphatic heterocycles. The Labute approximate surface area is 228 Å². The van der Waals surface area contributed by atoms with Crippen LogP contribution in [0.2, 0.25) is 0 Å². The van der Waals surface area contributed by atoms with E-state index >= 15 is 0 Å². The van der Waals surface area contributed by atoms with Crippen molar-refractivity contribution in [1.82, 2.24) is 14.2 Å². The van der Waals surface area contributed by atoms with Gasteiger partial charge in [0.05, 0.1) is 11.2 Å². The number of aromatic nitrogens is 1. The SMILES string of the molecule is Cc1ncc(S(=O)(=O)N2CCN(CC3CCCC3)[C@@H](c3cc(C=N)c(Nc4ccc(F)cc4)cc3C)C2)s1. The molecule has 0 bridgehead atoms. The molecular formula is C28H34FN5O2S2. The average Bonchev–Trinajstić information content (AvgIpc) is 3.58. The summed E-state index contributed by atoms with van der Waals surface area (Å²) in [6.07, 6.45) is 7.73. The number of anilines is 2. The summed E-state index contributed by atoms with van der Waals surface area (Å²) in [6, 6.07) is 10.0.